The van der Waals surface area contributed by atoms with E-state index in [1.165, 1.54) is 30.3 Å². The summed E-state index contributed by atoms with van der Waals surface area (Å²) >= 11 is 5.86. The molecule has 2 N–H and O–H groups in total. The number of alkyl halides is 3. The molecule has 0 aliphatic carbocycles. The molecule has 0 aliphatic heterocycles. The Morgan fingerprint density at radius 3 is 2.42 bits per heavy atom. The third-order valence-electron chi connectivity index (χ3n) is 3.19. The zero-order chi connectivity index (χ0) is 19.2. The van der Waals surface area contributed by atoms with Crippen molar-refractivity contribution < 1.29 is 22.8 Å². The van der Waals surface area contributed by atoms with E-state index in [0.717, 1.165) is 12.3 Å². The number of hydrazone groups is 1. The fourth-order valence-electron chi connectivity index (χ4n) is 1.98. The number of amides is 2. The topological polar surface area (TPSA) is 70.6 Å². The summed E-state index contributed by atoms with van der Waals surface area (Å²) in [6.07, 6.45) is -3.65. The van der Waals surface area contributed by atoms with E-state index in [9.17, 15) is 22.8 Å². The van der Waals surface area contributed by atoms with Crippen LogP contribution in [0.4, 0.5) is 13.2 Å². The average Bonchev–Trinajstić information content (AvgIpc) is 2.59. The Hall–Kier alpha value is -2.87. The average molecular weight is 384 g/mol. The molecular weight excluding hydrogens is 371 g/mol. The van der Waals surface area contributed by atoms with Crippen LogP contribution in [0.2, 0.25) is 5.02 Å². The fraction of sp³-hybridized carbons (Fsp3) is 0.118. The van der Waals surface area contributed by atoms with Crippen LogP contribution < -0.4 is 10.7 Å². The molecule has 2 aromatic rings. The highest BCUT2D eigenvalue weighted by atomic mass is 35.5. The van der Waals surface area contributed by atoms with Crippen molar-refractivity contribution in [3.8, 4) is 0 Å². The van der Waals surface area contributed by atoms with Gasteiger partial charge in [0.15, 0.2) is 0 Å². The molecule has 0 saturated heterocycles. The van der Waals surface area contributed by atoms with Gasteiger partial charge in [-0.15, -0.1) is 0 Å². The lowest BCUT2D eigenvalue weighted by atomic mass is 10.1. The molecule has 0 fully saturated rings. The van der Waals surface area contributed by atoms with Gasteiger partial charge in [0.25, 0.3) is 11.8 Å². The molecule has 0 saturated carbocycles. The van der Waals surface area contributed by atoms with Crippen molar-refractivity contribution in [1.82, 2.24) is 10.7 Å². The van der Waals surface area contributed by atoms with Crippen LogP contribution >= 0.6 is 11.6 Å². The fourth-order valence-corrected chi connectivity index (χ4v) is 2.20. The molecule has 0 aliphatic rings. The molecule has 9 heteroatoms. The second-order valence-corrected chi connectivity index (χ2v) is 5.45. The molecule has 2 aromatic carbocycles. The first-order valence-corrected chi connectivity index (χ1v) is 7.67. The molecule has 136 valence electrons. The van der Waals surface area contributed by atoms with Crippen LogP contribution in [0.3, 0.4) is 0 Å². The lowest BCUT2D eigenvalue weighted by Gasteiger charge is -2.09. The maximum Gasteiger partial charge on any atom is 0.417 e. The predicted octanol–water partition coefficient (Wildman–Crippen LogP) is 3.24. The molecule has 0 unspecified atom stereocenters. The standard InChI is InChI=1S/C17H13ClF3N3O2/c18-14-8-4-2-6-12(14)16(26)22-10-15(25)24-23-9-11-5-1-3-7-13(11)17(19,20)21/h1-9H,10H2,(H,22,26)(H,24,25). The van der Waals surface area contributed by atoms with Gasteiger partial charge in [-0.3, -0.25) is 9.59 Å². The van der Waals surface area contributed by atoms with E-state index >= 15 is 0 Å². The number of carbonyl (C=O) groups excluding carboxylic acids is 2. The minimum atomic E-state index is -4.53. The van der Waals surface area contributed by atoms with Crippen molar-refractivity contribution in [3.05, 3.63) is 70.2 Å². The second kappa shape index (κ2) is 8.48. The second-order valence-electron chi connectivity index (χ2n) is 5.04. The number of halogens is 4. The number of hydrogen-bond acceptors (Lipinski definition) is 3. The van der Waals surface area contributed by atoms with E-state index in [1.807, 2.05) is 5.43 Å². The zero-order valence-electron chi connectivity index (χ0n) is 13.2. The lowest BCUT2D eigenvalue weighted by Crippen LogP contribution is -2.35. The summed E-state index contributed by atoms with van der Waals surface area (Å²) < 4.78 is 38.5. The predicted molar refractivity (Wildman–Crippen MR) is 91.0 cm³/mol. The summed E-state index contributed by atoms with van der Waals surface area (Å²) in [7, 11) is 0. The number of nitrogens with zero attached hydrogens (tertiary/aromatic N) is 1. The highest BCUT2D eigenvalue weighted by Crippen LogP contribution is 2.30. The largest absolute Gasteiger partial charge is 0.417 e. The minimum Gasteiger partial charge on any atom is -0.343 e. The van der Waals surface area contributed by atoms with Crippen molar-refractivity contribution in [2.24, 2.45) is 5.10 Å². The maximum absolute atomic E-state index is 12.8. The Bertz CT molecular complexity index is 838. The van der Waals surface area contributed by atoms with Crippen LogP contribution in [-0.4, -0.2) is 24.6 Å². The minimum absolute atomic E-state index is 0.194. The summed E-state index contributed by atoms with van der Waals surface area (Å²) in [6, 6.07) is 11.1. The summed E-state index contributed by atoms with van der Waals surface area (Å²) in [4.78, 5) is 23.5. The molecule has 5 nitrogen and oxygen atoms in total. The van der Waals surface area contributed by atoms with Crippen LogP contribution in [0, 0.1) is 0 Å². The van der Waals surface area contributed by atoms with Crippen LogP contribution in [0.15, 0.2) is 53.6 Å². The summed E-state index contributed by atoms with van der Waals surface area (Å²) in [5.74, 6) is -1.26. The highest BCUT2D eigenvalue weighted by molar-refractivity contribution is 6.33. The molecular formula is C17H13ClF3N3O2. The third kappa shape index (κ3) is 5.32. The van der Waals surface area contributed by atoms with E-state index in [4.69, 9.17) is 11.6 Å². The van der Waals surface area contributed by atoms with Crippen molar-refractivity contribution in [3.63, 3.8) is 0 Å². The molecule has 0 heterocycles. The van der Waals surface area contributed by atoms with Gasteiger partial charge in [0.2, 0.25) is 0 Å². The third-order valence-corrected chi connectivity index (χ3v) is 3.52. The van der Waals surface area contributed by atoms with E-state index in [1.54, 1.807) is 12.1 Å². The number of benzene rings is 2. The first-order chi connectivity index (χ1) is 12.3. The van der Waals surface area contributed by atoms with Gasteiger partial charge in [-0.25, -0.2) is 5.43 Å². The van der Waals surface area contributed by atoms with E-state index < -0.39 is 30.1 Å². The number of hydrogen-bond donors (Lipinski definition) is 2. The van der Waals surface area contributed by atoms with Gasteiger partial charge in [0.05, 0.1) is 28.9 Å². The normalized spacial score (nSPS) is 11.4. The van der Waals surface area contributed by atoms with Crippen LogP contribution in [-0.2, 0) is 11.0 Å². The molecule has 0 bridgehead atoms. The molecule has 2 rings (SSSR count). The van der Waals surface area contributed by atoms with E-state index in [0.29, 0.717) is 0 Å². The van der Waals surface area contributed by atoms with Crippen molar-refractivity contribution in [1.29, 1.82) is 0 Å². The first-order valence-electron chi connectivity index (χ1n) is 7.30. The highest BCUT2D eigenvalue weighted by Gasteiger charge is 2.32. The van der Waals surface area contributed by atoms with Gasteiger partial charge in [0.1, 0.15) is 0 Å². The first kappa shape index (κ1) is 19.5. The van der Waals surface area contributed by atoms with Crippen LogP contribution in [0.5, 0.6) is 0 Å². The van der Waals surface area contributed by atoms with Crippen LogP contribution in [0.1, 0.15) is 21.5 Å². The van der Waals surface area contributed by atoms with E-state index in [-0.39, 0.29) is 16.1 Å². The Kier molecular flexibility index (Phi) is 6.35. The van der Waals surface area contributed by atoms with Gasteiger partial charge < -0.3 is 5.32 Å². The van der Waals surface area contributed by atoms with Gasteiger partial charge in [-0.1, -0.05) is 41.9 Å². The molecule has 0 atom stereocenters. The molecule has 0 spiro atoms. The molecule has 26 heavy (non-hydrogen) atoms. The van der Waals surface area contributed by atoms with Gasteiger partial charge in [0, 0.05) is 5.56 Å². The lowest BCUT2D eigenvalue weighted by molar-refractivity contribution is -0.137. The van der Waals surface area contributed by atoms with Gasteiger partial charge in [-0.2, -0.15) is 18.3 Å². The number of carbonyl (C=O) groups is 2. The van der Waals surface area contributed by atoms with Crippen molar-refractivity contribution in [2.75, 3.05) is 6.54 Å². The molecule has 2 amide bonds. The van der Waals surface area contributed by atoms with Crippen molar-refractivity contribution in [2.45, 2.75) is 6.18 Å². The monoisotopic (exact) mass is 383 g/mol. The number of nitrogens with one attached hydrogen (secondary N) is 2. The Morgan fingerprint density at radius 2 is 1.73 bits per heavy atom. The SMILES string of the molecule is O=C(CNC(=O)c1ccccc1Cl)NN=Cc1ccccc1C(F)(F)F. The van der Waals surface area contributed by atoms with Crippen LogP contribution in [0.25, 0.3) is 0 Å². The van der Waals surface area contributed by atoms with E-state index in [2.05, 4.69) is 10.4 Å². The Morgan fingerprint density at radius 1 is 1.08 bits per heavy atom. The zero-order valence-corrected chi connectivity index (χ0v) is 13.9. The number of rotatable bonds is 5. The van der Waals surface area contributed by atoms with Gasteiger partial charge in [-0.05, 0) is 18.2 Å². The van der Waals surface area contributed by atoms with Crippen molar-refractivity contribution >= 4 is 29.6 Å². The molecule has 0 radical (unpaired) electrons. The Labute approximate surface area is 151 Å². The summed E-state index contributed by atoms with van der Waals surface area (Å²) in [5, 5.41) is 6.05. The quantitative estimate of drug-likeness (QED) is 0.614. The van der Waals surface area contributed by atoms with Gasteiger partial charge >= 0.3 is 6.18 Å². The summed E-state index contributed by atoms with van der Waals surface area (Å²) in [6.45, 7) is -0.414. The summed E-state index contributed by atoms with van der Waals surface area (Å²) in [5.41, 5.74) is 1.18. The Balaban J connectivity index is 1.91. The molecule has 0 aromatic heterocycles. The maximum atomic E-state index is 12.8. The smallest absolute Gasteiger partial charge is 0.343 e.